The van der Waals surface area contributed by atoms with Crippen LogP contribution in [0.25, 0.3) is 17.2 Å². The topological polar surface area (TPSA) is 167 Å². The zero-order valence-electron chi connectivity index (χ0n) is 22.0. The van der Waals surface area contributed by atoms with Gasteiger partial charge in [-0.15, -0.1) is 0 Å². The van der Waals surface area contributed by atoms with E-state index in [-0.39, 0.29) is 14.0 Å². The second kappa shape index (κ2) is 11.6. The first-order chi connectivity index (χ1) is 19.2. The predicted molar refractivity (Wildman–Crippen MR) is 153 cm³/mol. The van der Waals surface area contributed by atoms with E-state index < -0.39 is 62.1 Å². The van der Waals surface area contributed by atoms with Crippen LogP contribution in [0, 0.1) is 0 Å². The number of aliphatic carboxylic acids is 1. The molecule has 2 amide bonds. The van der Waals surface area contributed by atoms with Crippen LogP contribution < -0.4 is 10.6 Å². The third kappa shape index (κ3) is 5.70. The summed E-state index contributed by atoms with van der Waals surface area (Å²) in [6.45, 7) is 3.98. The van der Waals surface area contributed by atoms with Crippen molar-refractivity contribution in [2.24, 2.45) is 0 Å². The Morgan fingerprint density at radius 1 is 1.15 bits per heavy atom. The van der Waals surface area contributed by atoms with Crippen molar-refractivity contribution in [3.63, 3.8) is 0 Å². The number of carboxylic acid groups (broad SMARTS) is 1. The van der Waals surface area contributed by atoms with Crippen molar-refractivity contribution >= 4 is 58.7 Å². The molecule has 2 aromatic heterocycles. The van der Waals surface area contributed by atoms with Gasteiger partial charge >= 0.3 is 230 Å². The van der Waals surface area contributed by atoms with E-state index >= 15 is 0 Å². The maximum absolute atomic E-state index is 13.5. The average molecular weight is 664 g/mol. The number of carbonyl (C=O) groups excluding carboxylic acids is 2. The van der Waals surface area contributed by atoms with Crippen LogP contribution in [0.5, 0.6) is 0 Å². The molecule has 3 N–H and O–H groups in total. The molecule has 0 bridgehead atoms. The molecule has 5 unspecified atom stereocenters. The number of rotatable bonds is 9. The Bertz CT molecular complexity index is 1450. The third-order valence-corrected chi connectivity index (χ3v) is 10.6. The number of alkyl halides is 2. The number of hydrogen-bond acceptors (Lipinski definition) is 9. The van der Waals surface area contributed by atoms with Gasteiger partial charge in [0.05, 0.1) is 0 Å². The summed E-state index contributed by atoms with van der Waals surface area (Å²) in [6.07, 6.45) is 3.01. The molecule has 40 heavy (non-hydrogen) atoms. The van der Waals surface area contributed by atoms with Gasteiger partial charge in [-0.25, -0.2) is 0 Å². The van der Waals surface area contributed by atoms with Crippen LogP contribution in [0.15, 0.2) is 49.1 Å². The minimum absolute atomic E-state index is 0.188. The van der Waals surface area contributed by atoms with Crippen molar-refractivity contribution in [1.82, 2.24) is 24.8 Å². The molecule has 212 valence electrons. The zero-order chi connectivity index (χ0) is 28.4. The Balaban J connectivity index is 1.48. The van der Waals surface area contributed by atoms with Gasteiger partial charge < -0.3 is 0 Å². The maximum atomic E-state index is 13.5. The second-order valence-corrected chi connectivity index (χ2v) is 14.5. The van der Waals surface area contributed by atoms with E-state index in [0.717, 1.165) is 5.56 Å². The van der Waals surface area contributed by atoms with Gasteiger partial charge in [0.15, 0.2) is 0 Å². The number of urea groups is 1. The van der Waals surface area contributed by atoms with Crippen molar-refractivity contribution in [3.05, 3.63) is 54.6 Å². The van der Waals surface area contributed by atoms with Crippen molar-refractivity contribution < 1.29 is 33.7 Å². The molecule has 2 aliphatic heterocycles. The summed E-state index contributed by atoms with van der Waals surface area (Å²) in [7, 11) is 0. The van der Waals surface area contributed by atoms with Gasteiger partial charge in [-0.1, -0.05) is 0 Å². The molecule has 14 heteroatoms. The van der Waals surface area contributed by atoms with E-state index in [4.69, 9.17) is 14.2 Å². The number of carboxylic acids is 1. The molecule has 2 aliphatic rings. The molecule has 4 heterocycles. The predicted octanol–water partition coefficient (Wildman–Crippen LogP) is 2.83. The van der Waals surface area contributed by atoms with Crippen LogP contribution in [0.3, 0.4) is 0 Å². The summed E-state index contributed by atoms with van der Waals surface area (Å²) in [5.74, 6) is -1.99. The summed E-state index contributed by atoms with van der Waals surface area (Å²) in [5, 5.41) is 14.6. The molecule has 0 radical (unpaired) electrons. The minimum atomic E-state index is -2.58. The van der Waals surface area contributed by atoms with E-state index in [2.05, 4.69) is 25.6 Å². The van der Waals surface area contributed by atoms with Crippen LogP contribution in [0.4, 0.5) is 10.6 Å². The third-order valence-electron chi connectivity index (χ3n) is 6.37. The number of ether oxygens (including phenoxy) is 3. The first-order valence-corrected chi connectivity index (χ1v) is 17.2. The van der Waals surface area contributed by atoms with Gasteiger partial charge in [0.25, 0.3) is 0 Å². The fraction of sp³-hybridized carbons (Fsp3) is 0.385. The fourth-order valence-corrected chi connectivity index (χ4v) is 7.53. The van der Waals surface area contributed by atoms with Crippen molar-refractivity contribution in [3.8, 4) is 0 Å². The number of halogens is 1. The number of aromatic nitrogens is 4. The van der Waals surface area contributed by atoms with Crippen molar-refractivity contribution in [2.75, 3.05) is 21.2 Å². The fourth-order valence-electron chi connectivity index (χ4n) is 4.62. The monoisotopic (exact) mass is 664 g/mol. The molecule has 5 atom stereocenters. The molecule has 3 aromatic rings. The Kier molecular flexibility index (Phi) is 8.11. The van der Waals surface area contributed by atoms with Crippen LogP contribution in [0.2, 0.25) is 0 Å². The molecule has 2 fully saturated rings. The number of carbonyl (C=O) groups is 3. The van der Waals surface area contributed by atoms with Crippen LogP contribution in [-0.2, 0) is 23.8 Å². The molecule has 1 aromatic carbocycles. The number of benzene rings is 1. The molecular formula is C26H29IN6O7. The Hall–Kier alpha value is -3.47. The number of hydrogen-bond donors (Lipinski definition) is 3. The van der Waals surface area contributed by atoms with Gasteiger partial charge in [-0.2, -0.15) is 0 Å². The Morgan fingerprint density at radius 3 is 2.62 bits per heavy atom. The molecule has 0 spiro atoms. The first kappa shape index (κ1) is 28.1. The van der Waals surface area contributed by atoms with Gasteiger partial charge in [0.2, 0.25) is 0 Å². The number of nitrogens with zero attached hydrogens (tertiary/aromatic N) is 4. The van der Waals surface area contributed by atoms with Crippen molar-refractivity contribution in [1.29, 1.82) is 0 Å². The van der Waals surface area contributed by atoms with E-state index in [1.807, 2.05) is 36.4 Å². The Morgan fingerprint density at radius 2 is 1.90 bits per heavy atom. The SMILES string of the molecule is CCNC(=O)Nc1ncnc2c1ncn2C1OC(C(=O)I(C)CC(=O)O)C2OC(C)(/C=C/c3ccccc3)OC21. The summed E-state index contributed by atoms with van der Waals surface area (Å²) >= 11 is -2.58. The number of fused-ring (bicyclic) bond motifs is 2. The number of imidazole rings is 1. The van der Waals surface area contributed by atoms with Crippen molar-refractivity contribution in [2.45, 2.75) is 44.2 Å². The van der Waals surface area contributed by atoms with Gasteiger partial charge in [0.1, 0.15) is 0 Å². The summed E-state index contributed by atoms with van der Waals surface area (Å²) in [5.41, 5.74) is 1.62. The normalized spacial score (nSPS) is 26.1. The number of nitrogens with one attached hydrogen (secondary N) is 2. The second-order valence-electron chi connectivity index (χ2n) is 9.32. The molecule has 5 rings (SSSR count). The zero-order valence-corrected chi connectivity index (χ0v) is 24.1. The summed E-state index contributed by atoms with van der Waals surface area (Å²) in [6, 6.07) is 9.20. The molecule has 0 aliphatic carbocycles. The van der Waals surface area contributed by atoms with Crippen LogP contribution in [0.1, 0.15) is 25.6 Å². The Labute approximate surface area is 236 Å². The quantitative estimate of drug-likeness (QED) is 0.176. The standard InChI is InChI=1S/C26H29IN6O7/c1-4-28-25(37)32-22-17-23(30-13-29-22)33(14-31-17)24-20-18(19(38-24)21(36)27(3)12-16(34)35)39-26(2,40-20)11-10-15-8-6-5-7-9-15/h5-11,13-14,18-20,24H,4,12H2,1-3H3,(H,34,35)(H2,28,29,30,32,37)/b11-10+. The van der Waals surface area contributed by atoms with Gasteiger partial charge in [0, 0.05) is 0 Å². The number of amides is 2. The van der Waals surface area contributed by atoms with Gasteiger partial charge in [-0.05, 0) is 6.92 Å². The van der Waals surface area contributed by atoms with E-state index in [1.54, 1.807) is 29.4 Å². The number of anilines is 1. The molecule has 2 saturated heterocycles. The van der Waals surface area contributed by atoms with Crippen LogP contribution in [-0.4, -0.2) is 80.4 Å². The van der Waals surface area contributed by atoms with E-state index in [0.29, 0.717) is 17.7 Å². The van der Waals surface area contributed by atoms with E-state index in [9.17, 15) is 19.5 Å². The molecule has 13 nitrogen and oxygen atoms in total. The summed E-state index contributed by atoms with van der Waals surface area (Å²) < 4.78 is 20.1. The molecular weight excluding hydrogens is 635 g/mol. The van der Waals surface area contributed by atoms with Crippen LogP contribution >= 0.6 is 19.8 Å². The average Bonchev–Trinajstić information content (AvgIpc) is 3.59. The van der Waals surface area contributed by atoms with Gasteiger partial charge in [-0.3, -0.25) is 0 Å². The molecule has 0 saturated carbocycles. The van der Waals surface area contributed by atoms with E-state index in [1.165, 1.54) is 12.7 Å². The summed E-state index contributed by atoms with van der Waals surface area (Å²) in [4.78, 5) is 51.5. The first-order valence-electron chi connectivity index (χ1n) is 12.5.